The van der Waals surface area contributed by atoms with Crippen LogP contribution in [0.4, 0.5) is 0 Å². The van der Waals surface area contributed by atoms with Crippen LogP contribution in [0.1, 0.15) is 11.3 Å². The van der Waals surface area contributed by atoms with Crippen LogP contribution in [0, 0.1) is 6.92 Å². The Kier molecular flexibility index (Phi) is 2.85. The lowest BCUT2D eigenvalue weighted by Crippen LogP contribution is -2.02. The molecule has 2 aromatic rings. The first-order valence-electron chi connectivity index (χ1n) is 4.47. The van der Waals surface area contributed by atoms with E-state index in [1.165, 1.54) is 15.6 Å². The molecule has 2 N–H and O–H groups in total. The highest BCUT2D eigenvalue weighted by molar-refractivity contribution is 9.10. The maximum absolute atomic E-state index is 5.58. The van der Waals surface area contributed by atoms with Crippen molar-refractivity contribution in [3.05, 3.63) is 27.9 Å². The number of rotatable bonds is 2. The second-order valence-electron chi connectivity index (χ2n) is 3.25. The number of nitrogens with zero attached hydrogens (tertiary/aromatic N) is 1. The quantitative estimate of drug-likeness (QED) is 0.912. The van der Waals surface area contributed by atoms with E-state index in [0.29, 0.717) is 6.54 Å². The summed E-state index contributed by atoms with van der Waals surface area (Å²) in [4.78, 5) is 0. The minimum atomic E-state index is 0.683. The van der Waals surface area contributed by atoms with Crippen molar-refractivity contribution in [3.8, 4) is 0 Å². The zero-order chi connectivity index (χ0) is 10.1. The Labute approximate surface area is 95.4 Å². The number of benzene rings is 1. The maximum Gasteiger partial charge on any atom is 0.0590 e. The monoisotopic (exact) mass is 270 g/mol. The number of aryl methyl sites for hydroxylation is 1. The van der Waals surface area contributed by atoms with E-state index in [0.717, 1.165) is 16.6 Å². The van der Waals surface area contributed by atoms with E-state index in [2.05, 4.69) is 32.4 Å². The molecule has 0 atom stereocenters. The lowest BCUT2D eigenvalue weighted by Gasteiger charge is -2.01. The molecule has 0 radical (unpaired) electrons. The summed E-state index contributed by atoms with van der Waals surface area (Å²) in [6.45, 7) is 2.72. The van der Waals surface area contributed by atoms with Crippen molar-refractivity contribution >= 4 is 37.5 Å². The van der Waals surface area contributed by atoms with Gasteiger partial charge in [-0.15, -0.1) is 0 Å². The van der Waals surface area contributed by atoms with Crippen LogP contribution < -0.4 is 5.73 Å². The van der Waals surface area contributed by atoms with Crippen molar-refractivity contribution in [1.82, 2.24) is 4.37 Å². The fourth-order valence-electron chi connectivity index (χ4n) is 1.53. The van der Waals surface area contributed by atoms with Gasteiger partial charge in [0, 0.05) is 9.86 Å². The predicted molar refractivity (Wildman–Crippen MR) is 64.8 cm³/mol. The molecular formula is C10H11BrN2S. The van der Waals surface area contributed by atoms with Gasteiger partial charge >= 0.3 is 0 Å². The van der Waals surface area contributed by atoms with Crippen LogP contribution >= 0.6 is 27.5 Å². The Morgan fingerprint density at radius 2 is 2.29 bits per heavy atom. The van der Waals surface area contributed by atoms with Gasteiger partial charge in [-0.25, -0.2) is 0 Å². The third kappa shape index (κ3) is 1.69. The predicted octanol–water partition coefficient (Wildman–Crippen LogP) is 2.87. The number of hydrogen-bond donors (Lipinski definition) is 1. The van der Waals surface area contributed by atoms with Crippen LogP contribution in [0.15, 0.2) is 16.6 Å². The molecule has 0 fully saturated rings. The average Bonchev–Trinajstić information content (AvgIpc) is 2.49. The molecule has 4 heteroatoms. The van der Waals surface area contributed by atoms with Gasteiger partial charge in [-0.2, -0.15) is 4.37 Å². The van der Waals surface area contributed by atoms with Crippen LogP contribution in [0.25, 0.3) is 10.1 Å². The Balaban J connectivity index is 2.68. The standard InChI is InChI=1S/C10H11BrN2S/c1-6-9-5-8(11)4-7(2-3-12)10(9)14-13-6/h4-5H,2-3,12H2,1H3. The van der Waals surface area contributed by atoms with Gasteiger partial charge in [-0.3, -0.25) is 0 Å². The van der Waals surface area contributed by atoms with Gasteiger partial charge in [0.15, 0.2) is 0 Å². The molecular weight excluding hydrogens is 260 g/mol. The summed E-state index contributed by atoms with van der Waals surface area (Å²) in [5, 5.41) is 1.24. The normalized spacial score (nSPS) is 11.1. The Bertz CT molecular complexity index is 464. The van der Waals surface area contributed by atoms with E-state index < -0.39 is 0 Å². The van der Waals surface area contributed by atoms with Crippen molar-refractivity contribution in [3.63, 3.8) is 0 Å². The molecule has 1 aromatic carbocycles. The van der Waals surface area contributed by atoms with E-state index in [4.69, 9.17) is 5.73 Å². The second-order valence-corrected chi connectivity index (χ2v) is 4.94. The maximum atomic E-state index is 5.58. The van der Waals surface area contributed by atoms with E-state index >= 15 is 0 Å². The van der Waals surface area contributed by atoms with Gasteiger partial charge in [-0.05, 0) is 49.1 Å². The Morgan fingerprint density at radius 1 is 1.50 bits per heavy atom. The highest BCUT2D eigenvalue weighted by atomic mass is 79.9. The number of aromatic nitrogens is 1. The lowest BCUT2D eigenvalue weighted by atomic mass is 10.1. The fraction of sp³-hybridized carbons (Fsp3) is 0.300. The van der Waals surface area contributed by atoms with E-state index in [9.17, 15) is 0 Å². The number of hydrogen-bond acceptors (Lipinski definition) is 3. The summed E-state index contributed by atoms with van der Waals surface area (Å²) in [5.74, 6) is 0. The minimum Gasteiger partial charge on any atom is -0.330 e. The molecule has 0 aliphatic rings. The Morgan fingerprint density at radius 3 is 3.00 bits per heavy atom. The van der Waals surface area contributed by atoms with Crippen molar-refractivity contribution in [1.29, 1.82) is 0 Å². The SMILES string of the molecule is Cc1nsc2c(CCN)cc(Br)cc12. The first-order chi connectivity index (χ1) is 6.72. The zero-order valence-corrected chi connectivity index (χ0v) is 10.3. The van der Waals surface area contributed by atoms with Gasteiger partial charge in [0.25, 0.3) is 0 Å². The highest BCUT2D eigenvalue weighted by Crippen LogP contribution is 2.29. The van der Waals surface area contributed by atoms with Crippen molar-refractivity contribution in [2.45, 2.75) is 13.3 Å². The summed E-state index contributed by atoms with van der Waals surface area (Å²) in [6.07, 6.45) is 0.914. The van der Waals surface area contributed by atoms with Gasteiger partial charge in [0.1, 0.15) is 0 Å². The summed E-state index contributed by atoms with van der Waals surface area (Å²) in [5.41, 5.74) is 7.97. The van der Waals surface area contributed by atoms with Crippen molar-refractivity contribution in [2.24, 2.45) is 5.73 Å². The molecule has 0 saturated carbocycles. The summed E-state index contributed by atoms with van der Waals surface area (Å²) >= 11 is 5.07. The summed E-state index contributed by atoms with van der Waals surface area (Å²) in [6, 6.07) is 4.25. The molecule has 0 saturated heterocycles. The minimum absolute atomic E-state index is 0.683. The Hall–Kier alpha value is -0.450. The van der Waals surface area contributed by atoms with Gasteiger partial charge in [0.2, 0.25) is 0 Å². The van der Waals surface area contributed by atoms with Crippen LogP contribution in [0.5, 0.6) is 0 Å². The average molecular weight is 271 g/mol. The highest BCUT2D eigenvalue weighted by Gasteiger charge is 2.07. The number of halogens is 1. The summed E-state index contributed by atoms with van der Waals surface area (Å²) in [7, 11) is 0. The molecule has 0 bridgehead atoms. The van der Waals surface area contributed by atoms with Gasteiger partial charge in [0.05, 0.1) is 10.4 Å². The topological polar surface area (TPSA) is 38.9 Å². The van der Waals surface area contributed by atoms with Gasteiger partial charge < -0.3 is 5.73 Å². The van der Waals surface area contributed by atoms with Gasteiger partial charge in [-0.1, -0.05) is 15.9 Å². The molecule has 1 heterocycles. The lowest BCUT2D eigenvalue weighted by molar-refractivity contribution is 0.978. The molecule has 2 nitrogen and oxygen atoms in total. The first-order valence-corrected chi connectivity index (χ1v) is 6.03. The molecule has 0 aliphatic heterocycles. The molecule has 0 aliphatic carbocycles. The largest absolute Gasteiger partial charge is 0.330 e. The molecule has 74 valence electrons. The smallest absolute Gasteiger partial charge is 0.0590 e. The first kappa shape index (κ1) is 10.1. The van der Waals surface area contributed by atoms with E-state index in [1.54, 1.807) is 11.5 Å². The second kappa shape index (κ2) is 3.96. The van der Waals surface area contributed by atoms with E-state index in [1.807, 2.05) is 6.92 Å². The van der Waals surface area contributed by atoms with E-state index in [-0.39, 0.29) is 0 Å². The van der Waals surface area contributed by atoms with Crippen LogP contribution in [-0.4, -0.2) is 10.9 Å². The third-order valence-corrected chi connectivity index (χ3v) is 3.70. The summed E-state index contributed by atoms with van der Waals surface area (Å²) < 4.78 is 6.74. The molecule has 0 amide bonds. The fourth-order valence-corrected chi connectivity index (χ4v) is 2.95. The van der Waals surface area contributed by atoms with Crippen LogP contribution in [0.2, 0.25) is 0 Å². The molecule has 14 heavy (non-hydrogen) atoms. The number of fused-ring (bicyclic) bond motifs is 1. The van der Waals surface area contributed by atoms with Crippen LogP contribution in [0.3, 0.4) is 0 Å². The van der Waals surface area contributed by atoms with Crippen molar-refractivity contribution < 1.29 is 0 Å². The molecule has 0 spiro atoms. The molecule has 0 unspecified atom stereocenters. The molecule has 1 aromatic heterocycles. The zero-order valence-electron chi connectivity index (χ0n) is 7.88. The molecule has 2 rings (SSSR count). The number of nitrogens with two attached hydrogens (primary N) is 1. The van der Waals surface area contributed by atoms with Crippen LogP contribution in [-0.2, 0) is 6.42 Å². The third-order valence-electron chi connectivity index (χ3n) is 2.21. The van der Waals surface area contributed by atoms with Crippen molar-refractivity contribution in [2.75, 3.05) is 6.54 Å².